The highest BCUT2D eigenvalue weighted by atomic mass is 32.2. The Labute approximate surface area is 126 Å². The monoisotopic (exact) mass is 301 g/mol. The van der Waals surface area contributed by atoms with E-state index in [0.717, 1.165) is 10.6 Å². The molecule has 0 fully saturated rings. The largest absolute Gasteiger partial charge is 0.395 e. The maximum absolute atomic E-state index is 9.56. The predicted molar refractivity (Wildman–Crippen MR) is 87.2 cm³/mol. The Morgan fingerprint density at radius 1 is 1.20 bits per heavy atom. The number of aliphatic hydroxyl groups excluding tert-OH is 1. The zero-order chi connectivity index (χ0) is 13.8. The summed E-state index contributed by atoms with van der Waals surface area (Å²) in [5.74, 6) is 0.860. The quantitative estimate of drug-likeness (QED) is 0.764. The van der Waals surface area contributed by atoms with Crippen molar-refractivity contribution in [3.63, 3.8) is 0 Å². The smallest absolute Gasteiger partial charge is 0.123 e. The highest BCUT2D eigenvalue weighted by molar-refractivity contribution is 7.98. The number of thiophene rings is 1. The summed E-state index contributed by atoms with van der Waals surface area (Å²) in [5, 5.41) is 12.9. The van der Waals surface area contributed by atoms with Gasteiger partial charge in [0.25, 0.3) is 0 Å². The van der Waals surface area contributed by atoms with Crippen molar-refractivity contribution >= 4 is 33.3 Å². The third-order valence-electron chi connectivity index (χ3n) is 3.15. The molecule has 0 bridgehead atoms. The SMILES string of the molecule is OC[C@H](SCc1cnc2sccc2c1)c1ccccc1. The molecule has 2 aromatic heterocycles. The number of benzene rings is 1. The molecule has 1 atom stereocenters. The van der Waals surface area contributed by atoms with Crippen molar-refractivity contribution < 1.29 is 5.11 Å². The van der Waals surface area contributed by atoms with E-state index in [1.54, 1.807) is 23.1 Å². The van der Waals surface area contributed by atoms with Crippen molar-refractivity contribution in [2.45, 2.75) is 11.0 Å². The van der Waals surface area contributed by atoms with Gasteiger partial charge in [0.05, 0.1) is 11.9 Å². The highest BCUT2D eigenvalue weighted by Crippen LogP contribution is 2.31. The molecule has 2 nitrogen and oxygen atoms in total. The third-order valence-corrected chi connectivity index (χ3v) is 5.31. The van der Waals surface area contributed by atoms with Gasteiger partial charge in [0.15, 0.2) is 0 Å². The minimum atomic E-state index is 0.120. The zero-order valence-electron chi connectivity index (χ0n) is 10.9. The van der Waals surface area contributed by atoms with E-state index >= 15 is 0 Å². The Kier molecular flexibility index (Phi) is 4.35. The van der Waals surface area contributed by atoms with Gasteiger partial charge in [-0.05, 0) is 28.6 Å². The summed E-state index contributed by atoms with van der Waals surface area (Å²) >= 11 is 3.42. The first-order valence-corrected chi connectivity index (χ1v) is 8.39. The van der Waals surface area contributed by atoms with Crippen LogP contribution in [0.15, 0.2) is 54.0 Å². The lowest BCUT2D eigenvalue weighted by atomic mass is 10.2. The number of fused-ring (bicyclic) bond motifs is 1. The van der Waals surface area contributed by atoms with Gasteiger partial charge in [-0.1, -0.05) is 30.3 Å². The molecule has 102 valence electrons. The minimum Gasteiger partial charge on any atom is -0.395 e. The summed E-state index contributed by atoms with van der Waals surface area (Å²) in [6.07, 6.45) is 1.94. The number of thioether (sulfide) groups is 1. The topological polar surface area (TPSA) is 33.1 Å². The summed E-state index contributed by atoms with van der Waals surface area (Å²) in [6.45, 7) is 0.156. The Hall–Kier alpha value is -1.36. The second-order valence-corrected chi connectivity index (χ2v) is 6.64. The average Bonchev–Trinajstić information content (AvgIpc) is 2.96. The van der Waals surface area contributed by atoms with E-state index < -0.39 is 0 Å². The maximum Gasteiger partial charge on any atom is 0.123 e. The van der Waals surface area contributed by atoms with Crippen molar-refractivity contribution in [3.8, 4) is 0 Å². The van der Waals surface area contributed by atoms with E-state index in [-0.39, 0.29) is 11.9 Å². The van der Waals surface area contributed by atoms with Crippen molar-refractivity contribution in [3.05, 3.63) is 65.2 Å². The van der Waals surface area contributed by atoms with E-state index in [4.69, 9.17) is 0 Å². The van der Waals surface area contributed by atoms with Gasteiger partial charge < -0.3 is 5.11 Å². The molecular weight excluding hydrogens is 286 g/mol. The van der Waals surface area contributed by atoms with Crippen molar-refractivity contribution in [1.82, 2.24) is 4.98 Å². The predicted octanol–water partition coefficient (Wildman–Crippen LogP) is 4.26. The van der Waals surface area contributed by atoms with Crippen LogP contribution in [0.5, 0.6) is 0 Å². The van der Waals surface area contributed by atoms with Crippen LogP contribution in [0.4, 0.5) is 0 Å². The number of hydrogen-bond acceptors (Lipinski definition) is 4. The van der Waals surface area contributed by atoms with Gasteiger partial charge in [-0.3, -0.25) is 0 Å². The molecule has 1 N–H and O–H groups in total. The first kappa shape index (κ1) is 13.6. The zero-order valence-corrected chi connectivity index (χ0v) is 12.5. The van der Waals surface area contributed by atoms with Crippen LogP contribution >= 0.6 is 23.1 Å². The normalized spacial score (nSPS) is 12.7. The molecule has 0 saturated heterocycles. The van der Waals surface area contributed by atoms with Crippen LogP contribution in [0.25, 0.3) is 10.2 Å². The molecule has 20 heavy (non-hydrogen) atoms. The van der Waals surface area contributed by atoms with E-state index in [1.165, 1.54) is 16.5 Å². The molecule has 0 radical (unpaired) electrons. The van der Waals surface area contributed by atoms with Crippen LogP contribution in [-0.2, 0) is 5.75 Å². The van der Waals surface area contributed by atoms with Gasteiger partial charge in [-0.2, -0.15) is 0 Å². The Morgan fingerprint density at radius 3 is 2.85 bits per heavy atom. The molecule has 1 aromatic carbocycles. The molecule has 0 aliphatic rings. The van der Waals surface area contributed by atoms with Crippen molar-refractivity contribution in [1.29, 1.82) is 0 Å². The van der Waals surface area contributed by atoms with Gasteiger partial charge in [0.1, 0.15) is 4.83 Å². The third kappa shape index (κ3) is 3.03. The molecule has 0 unspecified atom stereocenters. The summed E-state index contributed by atoms with van der Waals surface area (Å²) in [7, 11) is 0. The van der Waals surface area contributed by atoms with Gasteiger partial charge in [0.2, 0.25) is 0 Å². The van der Waals surface area contributed by atoms with Gasteiger partial charge in [-0.15, -0.1) is 23.1 Å². The van der Waals surface area contributed by atoms with Crippen molar-refractivity contribution in [2.75, 3.05) is 6.61 Å². The number of nitrogens with zero attached hydrogens (tertiary/aromatic N) is 1. The number of aliphatic hydroxyl groups is 1. The second-order valence-electron chi connectivity index (χ2n) is 4.55. The fraction of sp³-hybridized carbons (Fsp3) is 0.188. The molecule has 0 saturated carbocycles. The van der Waals surface area contributed by atoms with Crippen LogP contribution in [0.3, 0.4) is 0 Å². The molecule has 0 aliphatic heterocycles. The Bertz CT molecular complexity index is 681. The van der Waals surface area contributed by atoms with E-state index in [0.29, 0.717) is 0 Å². The van der Waals surface area contributed by atoms with Crippen LogP contribution in [-0.4, -0.2) is 16.7 Å². The number of pyridine rings is 1. The van der Waals surface area contributed by atoms with E-state index in [9.17, 15) is 5.11 Å². The summed E-state index contributed by atoms with van der Waals surface area (Å²) in [4.78, 5) is 5.54. The van der Waals surface area contributed by atoms with Crippen LogP contribution < -0.4 is 0 Å². The fourth-order valence-corrected chi connectivity index (χ4v) is 3.83. The molecule has 3 rings (SSSR count). The standard InChI is InChI=1S/C16H15NOS2/c18-10-15(13-4-2-1-3-5-13)20-11-12-8-14-6-7-19-16(14)17-9-12/h1-9,15,18H,10-11H2/t15-/m0/s1. The molecule has 0 aliphatic carbocycles. The van der Waals surface area contributed by atoms with Gasteiger partial charge >= 0.3 is 0 Å². The first-order chi connectivity index (χ1) is 9.86. The number of hydrogen-bond donors (Lipinski definition) is 1. The Balaban J connectivity index is 1.71. The van der Waals surface area contributed by atoms with Gasteiger partial charge in [0, 0.05) is 17.3 Å². The summed E-state index contributed by atoms with van der Waals surface area (Å²) in [6, 6.07) is 14.4. The number of aromatic nitrogens is 1. The Morgan fingerprint density at radius 2 is 2.05 bits per heavy atom. The second kappa shape index (κ2) is 6.39. The summed E-state index contributed by atoms with van der Waals surface area (Å²) < 4.78 is 0. The lowest BCUT2D eigenvalue weighted by Gasteiger charge is -2.14. The van der Waals surface area contributed by atoms with E-state index in [1.807, 2.05) is 24.4 Å². The molecule has 3 aromatic rings. The minimum absolute atomic E-state index is 0.120. The lowest BCUT2D eigenvalue weighted by molar-refractivity contribution is 0.296. The molecule has 2 heterocycles. The van der Waals surface area contributed by atoms with E-state index in [2.05, 4.69) is 34.6 Å². The summed E-state index contributed by atoms with van der Waals surface area (Å²) in [5.41, 5.74) is 2.37. The van der Waals surface area contributed by atoms with Crippen molar-refractivity contribution in [2.24, 2.45) is 0 Å². The van der Waals surface area contributed by atoms with Crippen LogP contribution in [0, 0.1) is 0 Å². The van der Waals surface area contributed by atoms with Gasteiger partial charge in [-0.25, -0.2) is 4.98 Å². The molecule has 0 amide bonds. The fourth-order valence-electron chi connectivity index (χ4n) is 2.10. The molecule has 0 spiro atoms. The highest BCUT2D eigenvalue weighted by Gasteiger charge is 2.11. The van der Waals surface area contributed by atoms with Crippen LogP contribution in [0.1, 0.15) is 16.4 Å². The molecule has 4 heteroatoms. The maximum atomic E-state index is 9.56. The number of rotatable bonds is 5. The average molecular weight is 301 g/mol. The molecular formula is C16H15NOS2. The lowest BCUT2D eigenvalue weighted by Crippen LogP contribution is -2.00. The first-order valence-electron chi connectivity index (χ1n) is 6.46. The van der Waals surface area contributed by atoms with Crippen LogP contribution in [0.2, 0.25) is 0 Å².